The number of Topliss-reactive ketones (excluding diaryl/α,β-unsaturated/α-hetero) is 1. The van der Waals surface area contributed by atoms with Gasteiger partial charge in [-0.1, -0.05) is 12.8 Å². The highest BCUT2D eigenvalue weighted by atomic mass is 32.2. The SMILES string of the molecule is CC#Cc1cc2c(cc1OS(N)(=O)=O)CCC1C2CC[C@]2(C)C(=O)CCC12. The van der Waals surface area contributed by atoms with E-state index in [1.54, 1.807) is 13.0 Å². The summed E-state index contributed by atoms with van der Waals surface area (Å²) in [7, 11) is -4.10. The predicted molar refractivity (Wildman–Crippen MR) is 102 cm³/mol. The number of benzene rings is 1. The van der Waals surface area contributed by atoms with Crippen LogP contribution in [0.25, 0.3) is 0 Å². The van der Waals surface area contributed by atoms with Crippen molar-refractivity contribution in [2.75, 3.05) is 0 Å². The number of aryl methyl sites for hydroxylation is 1. The van der Waals surface area contributed by atoms with Crippen LogP contribution in [0.1, 0.15) is 68.6 Å². The van der Waals surface area contributed by atoms with E-state index >= 15 is 0 Å². The zero-order valence-electron chi connectivity index (χ0n) is 15.7. The number of ketones is 1. The van der Waals surface area contributed by atoms with Gasteiger partial charge in [0.25, 0.3) is 0 Å². The highest BCUT2D eigenvalue weighted by molar-refractivity contribution is 7.84. The summed E-state index contributed by atoms with van der Waals surface area (Å²) in [6, 6.07) is 3.78. The van der Waals surface area contributed by atoms with E-state index in [9.17, 15) is 13.2 Å². The molecule has 0 amide bonds. The summed E-state index contributed by atoms with van der Waals surface area (Å²) in [5.74, 6) is 7.80. The molecule has 3 aliphatic carbocycles. The van der Waals surface area contributed by atoms with Crippen molar-refractivity contribution in [2.45, 2.75) is 58.3 Å². The van der Waals surface area contributed by atoms with Gasteiger partial charge >= 0.3 is 10.3 Å². The van der Waals surface area contributed by atoms with Crippen molar-refractivity contribution in [1.29, 1.82) is 0 Å². The minimum atomic E-state index is -4.10. The van der Waals surface area contributed by atoms with Crippen LogP contribution in [-0.4, -0.2) is 14.2 Å². The van der Waals surface area contributed by atoms with E-state index in [-0.39, 0.29) is 11.2 Å². The monoisotopic (exact) mass is 387 g/mol. The molecule has 0 bridgehead atoms. The highest BCUT2D eigenvalue weighted by Gasteiger charge is 2.54. The Kier molecular flexibility index (Phi) is 4.36. The van der Waals surface area contributed by atoms with Gasteiger partial charge in [-0.15, -0.1) is 5.92 Å². The molecule has 0 heterocycles. The Morgan fingerprint density at radius 3 is 2.70 bits per heavy atom. The molecule has 144 valence electrons. The Bertz CT molecular complexity index is 972. The van der Waals surface area contributed by atoms with Crippen molar-refractivity contribution >= 4 is 16.1 Å². The molecule has 0 spiro atoms. The number of rotatable bonds is 2. The van der Waals surface area contributed by atoms with Crippen LogP contribution in [0.3, 0.4) is 0 Å². The van der Waals surface area contributed by atoms with E-state index in [2.05, 4.69) is 18.8 Å². The van der Waals surface area contributed by atoms with Crippen LogP contribution < -0.4 is 9.32 Å². The molecule has 3 unspecified atom stereocenters. The van der Waals surface area contributed by atoms with E-state index in [0.717, 1.165) is 37.7 Å². The first kappa shape index (κ1) is 18.5. The Balaban J connectivity index is 1.75. The fourth-order valence-electron chi connectivity index (χ4n) is 5.80. The molecular weight excluding hydrogens is 362 g/mol. The number of carbonyl (C=O) groups excluding carboxylic acids is 1. The van der Waals surface area contributed by atoms with Crippen molar-refractivity contribution in [3.63, 3.8) is 0 Å². The van der Waals surface area contributed by atoms with Gasteiger partial charge in [0.05, 0.1) is 5.56 Å². The maximum absolute atomic E-state index is 12.5. The lowest BCUT2D eigenvalue weighted by Gasteiger charge is -2.48. The molecule has 2 N–H and O–H groups in total. The molecule has 2 saturated carbocycles. The number of nitrogens with two attached hydrogens (primary N) is 1. The van der Waals surface area contributed by atoms with Crippen LogP contribution in [0, 0.1) is 29.1 Å². The molecule has 4 atom stereocenters. The number of hydrogen-bond donors (Lipinski definition) is 1. The first-order chi connectivity index (χ1) is 12.7. The van der Waals surface area contributed by atoms with Gasteiger partial charge in [-0.3, -0.25) is 4.79 Å². The van der Waals surface area contributed by atoms with E-state index in [1.807, 2.05) is 6.07 Å². The van der Waals surface area contributed by atoms with Crippen LogP contribution in [0.2, 0.25) is 0 Å². The zero-order chi connectivity index (χ0) is 19.4. The summed E-state index contributed by atoms with van der Waals surface area (Å²) in [5.41, 5.74) is 2.76. The van der Waals surface area contributed by atoms with Gasteiger partial charge in [0.1, 0.15) is 5.78 Å². The Morgan fingerprint density at radius 2 is 2.00 bits per heavy atom. The standard InChI is InChI=1S/C21H25NO4S/c1-3-4-14-11-17-13(12-19(14)26-27(22,24)25)5-6-16-15(17)9-10-21(2)18(16)7-8-20(21)23/h11-12,15-16,18H,5-10H2,1-2H3,(H2,22,24,25)/t15?,16?,18?,21-/m0/s1. The molecule has 5 nitrogen and oxygen atoms in total. The lowest BCUT2D eigenvalue weighted by atomic mass is 9.55. The van der Waals surface area contributed by atoms with Gasteiger partial charge in [0.2, 0.25) is 0 Å². The van der Waals surface area contributed by atoms with Gasteiger partial charge in [-0.2, -0.15) is 13.6 Å². The molecule has 3 aliphatic rings. The summed E-state index contributed by atoms with van der Waals surface area (Å²) >= 11 is 0. The number of hydrogen-bond acceptors (Lipinski definition) is 4. The first-order valence-electron chi connectivity index (χ1n) is 9.58. The maximum Gasteiger partial charge on any atom is 0.380 e. The van der Waals surface area contributed by atoms with Crippen LogP contribution in [0.15, 0.2) is 12.1 Å². The van der Waals surface area contributed by atoms with Crippen LogP contribution >= 0.6 is 0 Å². The second-order valence-corrected chi connectivity index (χ2v) is 9.48. The van der Waals surface area contributed by atoms with Crippen molar-refractivity contribution in [3.8, 4) is 17.6 Å². The van der Waals surface area contributed by atoms with Crippen LogP contribution in [0.5, 0.6) is 5.75 Å². The van der Waals surface area contributed by atoms with Gasteiger partial charge < -0.3 is 4.18 Å². The van der Waals surface area contributed by atoms with E-state index in [0.29, 0.717) is 35.5 Å². The Morgan fingerprint density at radius 1 is 1.22 bits per heavy atom. The lowest BCUT2D eigenvalue weighted by Crippen LogP contribution is -2.42. The lowest BCUT2D eigenvalue weighted by molar-refractivity contribution is -0.129. The first-order valence-corrected chi connectivity index (χ1v) is 11.0. The molecule has 0 radical (unpaired) electrons. The molecular formula is C21H25NO4S. The van der Waals surface area contributed by atoms with Gasteiger partial charge in [-0.25, -0.2) is 0 Å². The smallest absolute Gasteiger partial charge is 0.370 e. The minimum Gasteiger partial charge on any atom is -0.370 e. The fraction of sp³-hybridized carbons (Fsp3) is 0.571. The Hall–Kier alpha value is -1.84. The number of fused-ring (bicyclic) bond motifs is 5. The quantitative estimate of drug-likeness (QED) is 0.790. The predicted octanol–water partition coefficient (Wildman–Crippen LogP) is 3.07. The maximum atomic E-state index is 12.5. The average molecular weight is 388 g/mol. The topological polar surface area (TPSA) is 86.5 Å². The third-order valence-electron chi connectivity index (χ3n) is 7.00. The molecule has 0 aliphatic heterocycles. The minimum absolute atomic E-state index is 0.151. The fourth-order valence-corrected chi connectivity index (χ4v) is 6.18. The molecule has 2 fully saturated rings. The summed E-state index contributed by atoms with van der Waals surface area (Å²) in [6.45, 7) is 3.87. The number of carbonyl (C=O) groups is 1. The molecule has 4 rings (SSSR count). The summed E-state index contributed by atoms with van der Waals surface area (Å²) in [6.07, 6.45) is 5.52. The van der Waals surface area contributed by atoms with Gasteiger partial charge in [0, 0.05) is 11.8 Å². The second kappa shape index (κ2) is 6.35. The highest BCUT2D eigenvalue weighted by Crippen LogP contribution is 2.59. The van der Waals surface area contributed by atoms with E-state index in [4.69, 9.17) is 9.32 Å². The van der Waals surface area contributed by atoms with Gasteiger partial charge in [-0.05, 0) is 80.0 Å². The average Bonchev–Trinajstić information content (AvgIpc) is 2.89. The summed E-state index contributed by atoms with van der Waals surface area (Å²) in [4.78, 5) is 12.5. The molecule has 1 aromatic rings. The third kappa shape index (κ3) is 3.07. The van der Waals surface area contributed by atoms with Gasteiger partial charge in [0.15, 0.2) is 5.75 Å². The Labute approximate surface area is 160 Å². The van der Waals surface area contributed by atoms with Crippen molar-refractivity contribution < 1.29 is 17.4 Å². The van der Waals surface area contributed by atoms with Crippen LogP contribution in [0.4, 0.5) is 0 Å². The van der Waals surface area contributed by atoms with E-state index in [1.165, 1.54) is 5.56 Å². The zero-order valence-corrected chi connectivity index (χ0v) is 16.6. The molecule has 27 heavy (non-hydrogen) atoms. The normalized spacial score (nSPS) is 32.0. The van der Waals surface area contributed by atoms with Crippen molar-refractivity contribution in [2.24, 2.45) is 22.4 Å². The molecule has 6 heteroatoms. The largest absolute Gasteiger partial charge is 0.380 e. The second-order valence-electron chi connectivity index (χ2n) is 8.33. The van der Waals surface area contributed by atoms with Crippen molar-refractivity contribution in [3.05, 3.63) is 28.8 Å². The third-order valence-corrected chi connectivity index (χ3v) is 7.41. The van der Waals surface area contributed by atoms with Crippen LogP contribution in [-0.2, 0) is 21.5 Å². The van der Waals surface area contributed by atoms with E-state index < -0.39 is 10.3 Å². The molecule has 0 saturated heterocycles. The summed E-state index contributed by atoms with van der Waals surface area (Å²) < 4.78 is 27.8. The van der Waals surface area contributed by atoms with Crippen molar-refractivity contribution in [1.82, 2.24) is 0 Å². The molecule has 1 aromatic carbocycles. The molecule has 0 aromatic heterocycles. The summed E-state index contributed by atoms with van der Waals surface area (Å²) in [5, 5.41) is 5.07.